The van der Waals surface area contributed by atoms with Crippen LogP contribution in [0.2, 0.25) is 0 Å². The Labute approximate surface area is 127 Å². The molecule has 116 valence electrons. The Bertz CT molecular complexity index is 468. The van der Waals surface area contributed by atoms with E-state index in [1.807, 2.05) is 12.1 Å². The molecule has 0 unspecified atom stereocenters. The Kier molecular flexibility index (Phi) is 4.70. The summed E-state index contributed by atoms with van der Waals surface area (Å²) in [4.78, 5) is 15.9. The van der Waals surface area contributed by atoms with Crippen LogP contribution in [-0.2, 0) is 11.2 Å². The van der Waals surface area contributed by atoms with Gasteiger partial charge in [-0.05, 0) is 67.6 Å². The fourth-order valence-electron chi connectivity index (χ4n) is 3.54. The van der Waals surface area contributed by atoms with Gasteiger partial charge in [0.2, 0.25) is 0 Å². The number of carbonyl (C=O) groups is 1. The van der Waals surface area contributed by atoms with Crippen molar-refractivity contribution in [2.24, 2.45) is 16.7 Å². The number of pyridine rings is 1. The Hall–Kier alpha value is -1.38. The van der Waals surface area contributed by atoms with Crippen molar-refractivity contribution < 1.29 is 9.90 Å². The molecule has 0 spiro atoms. The lowest BCUT2D eigenvalue weighted by molar-refractivity contribution is -0.152. The molecule has 0 aliphatic heterocycles. The van der Waals surface area contributed by atoms with Gasteiger partial charge in [-0.25, -0.2) is 0 Å². The summed E-state index contributed by atoms with van der Waals surface area (Å²) in [5.74, 6) is 0.0369. The van der Waals surface area contributed by atoms with Crippen LogP contribution in [0.15, 0.2) is 24.5 Å². The predicted octanol–water partition coefficient (Wildman–Crippen LogP) is 4.32. The molecule has 21 heavy (non-hydrogen) atoms. The number of hydrogen-bond acceptors (Lipinski definition) is 2. The topological polar surface area (TPSA) is 50.2 Å². The lowest BCUT2D eigenvalue weighted by Crippen LogP contribution is -2.38. The third-order valence-corrected chi connectivity index (χ3v) is 5.26. The second-order valence-corrected chi connectivity index (χ2v) is 7.58. The first kappa shape index (κ1) is 16.0. The van der Waals surface area contributed by atoms with Crippen molar-refractivity contribution in [1.82, 2.24) is 4.98 Å². The normalized spacial score (nSPS) is 26.5. The Morgan fingerprint density at radius 2 is 1.86 bits per heavy atom. The molecule has 0 atom stereocenters. The van der Waals surface area contributed by atoms with Gasteiger partial charge in [-0.15, -0.1) is 0 Å². The smallest absolute Gasteiger partial charge is 0.309 e. The van der Waals surface area contributed by atoms with E-state index in [2.05, 4.69) is 25.8 Å². The molecule has 1 fully saturated rings. The second-order valence-electron chi connectivity index (χ2n) is 7.58. The molecule has 1 aliphatic carbocycles. The molecule has 1 aromatic rings. The van der Waals surface area contributed by atoms with E-state index >= 15 is 0 Å². The molecule has 2 rings (SSSR count). The van der Waals surface area contributed by atoms with Gasteiger partial charge < -0.3 is 5.11 Å². The number of nitrogens with zero attached hydrogens (tertiary/aromatic N) is 1. The van der Waals surface area contributed by atoms with E-state index in [-0.39, 0.29) is 5.41 Å². The molecule has 1 saturated carbocycles. The molecule has 0 bridgehead atoms. The van der Waals surface area contributed by atoms with E-state index in [1.165, 1.54) is 5.56 Å². The number of rotatable bonds is 4. The number of carboxylic acids is 1. The summed E-state index contributed by atoms with van der Waals surface area (Å²) < 4.78 is 0. The summed E-state index contributed by atoms with van der Waals surface area (Å²) in [5, 5.41) is 9.74. The highest BCUT2D eigenvalue weighted by molar-refractivity contribution is 5.74. The lowest BCUT2D eigenvalue weighted by atomic mass is 9.62. The minimum atomic E-state index is -0.607. The quantitative estimate of drug-likeness (QED) is 0.898. The third kappa shape index (κ3) is 3.84. The highest BCUT2D eigenvalue weighted by Crippen LogP contribution is 2.47. The molecule has 3 heteroatoms. The average Bonchev–Trinajstić information content (AvgIpc) is 2.45. The van der Waals surface area contributed by atoms with Crippen LogP contribution < -0.4 is 0 Å². The number of aryl methyl sites for hydroxylation is 1. The summed E-state index contributed by atoms with van der Waals surface area (Å²) in [6, 6.07) is 3.96. The van der Waals surface area contributed by atoms with Crippen LogP contribution >= 0.6 is 0 Å². The highest BCUT2D eigenvalue weighted by atomic mass is 16.4. The van der Waals surface area contributed by atoms with E-state index < -0.39 is 11.4 Å². The van der Waals surface area contributed by atoms with Crippen molar-refractivity contribution in [2.45, 2.75) is 59.3 Å². The van der Waals surface area contributed by atoms with Crippen molar-refractivity contribution in [2.75, 3.05) is 0 Å². The van der Waals surface area contributed by atoms with Gasteiger partial charge in [0, 0.05) is 12.4 Å². The first-order valence-electron chi connectivity index (χ1n) is 7.96. The largest absolute Gasteiger partial charge is 0.481 e. The van der Waals surface area contributed by atoms with Crippen molar-refractivity contribution in [3.63, 3.8) is 0 Å². The Balaban J connectivity index is 2.01. The molecule has 0 amide bonds. The first-order valence-corrected chi connectivity index (χ1v) is 7.96. The highest BCUT2D eigenvalue weighted by Gasteiger charge is 2.43. The predicted molar refractivity (Wildman–Crippen MR) is 84.0 cm³/mol. The number of carboxylic acid groups (broad SMARTS) is 1. The van der Waals surface area contributed by atoms with Crippen LogP contribution in [0.3, 0.4) is 0 Å². The molecule has 1 aromatic heterocycles. The summed E-state index contributed by atoms with van der Waals surface area (Å²) >= 11 is 0. The standard InChI is InChI=1S/C18H27NO2/c1-17(2,3)15-5-10-18(11-6-15,16(20)21)9-4-14-7-12-19-13-8-14/h7-8,12-13,15H,4-6,9-11H2,1-3H3,(H,20,21). The van der Waals surface area contributed by atoms with Crippen LogP contribution in [-0.4, -0.2) is 16.1 Å². The van der Waals surface area contributed by atoms with Crippen molar-refractivity contribution in [1.29, 1.82) is 0 Å². The third-order valence-electron chi connectivity index (χ3n) is 5.26. The minimum Gasteiger partial charge on any atom is -0.481 e. The Morgan fingerprint density at radius 1 is 1.29 bits per heavy atom. The van der Waals surface area contributed by atoms with Gasteiger partial charge >= 0.3 is 5.97 Å². The lowest BCUT2D eigenvalue weighted by Gasteiger charge is -2.42. The van der Waals surface area contributed by atoms with Gasteiger partial charge in [-0.2, -0.15) is 0 Å². The summed E-state index contributed by atoms with van der Waals surface area (Å²) in [6.07, 6.45) is 8.82. The van der Waals surface area contributed by atoms with E-state index in [4.69, 9.17) is 0 Å². The maximum Gasteiger partial charge on any atom is 0.309 e. The van der Waals surface area contributed by atoms with Crippen LogP contribution in [0.5, 0.6) is 0 Å². The number of aromatic nitrogens is 1. The van der Waals surface area contributed by atoms with Gasteiger partial charge in [-0.1, -0.05) is 20.8 Å². The van der Waals surface area contributed by atoms with Crippen molar-refractivity contribution in [3.8, 4) is 0 Å². The van der Waals surface area contributed by atoms with Crippen LogP contribution in [0.25, 0.3) is 0 Å². The molecule has 1 aliphatic rings. The van der Waals surface area contributed by atoms with E-state index in [1.54, 1.807) is 12.4 Å². The van der Waals surface area contributed by atoms with Gasteiger partial charge in [0.25, 0.3) is 0 Å². The molecular weight excluding hydrogens is 262 g/mol. The summed E-state index contributed by atoms with van der Waals surface area (Å²) in [7, 11) is 0. The van der Waals surface area contributed by atoms with Gasteiger partial charge in [0.05, 0.1) is 5.41 Å². The maximum absolute atomic E-state index is 11.8. The second kappa shape index (κ2) is 6.17. The fourth-order valence-corrected chi connectivity index (χ4v) is 3.54. The minimum absolute atomic E-state index is 0.287. The number of aliphatic carboxylic acids is 1. The van der Waals surface area contributed by atoms with Crippen LogP contribution in [0.4, 0.5) is 0 Å². The van der Waals surface area contributed by atoms with E-state index in [0.717, 1.165) is 38.5 Å². The van der Waals surface area contributed by atoms with E-state index in [9.17, 15) is 9.90 Å². The molecule has 0 radical (unpaired) electrons. The first-order chi connectivity index (χ1) is 9.83. The Morgan fingerprint density at radius 3 is 2.33 bits per heavy atom. The molecule has 3 nitrogen and oxygen atoms in total. The zero-order valence-electron chi connectivity index (χ0n) is 13.4. The van der Waals surface area contributed by atoms with Crippen LogP contribution in [0, 0.1) is 16.7 Å². The van der Waals surface area contributed by atoms with Gasteiger partial charge in [-0.3, -0.25) is 9.78 Å². The summed E-state index contributed by atoms with van der Waals surface area (Å²) in [6.45, 7) is 6.80. The molecule has 0 aromatic carbocycles. The van der Waals surface area contributed by atoms with Crippen molar-refractivity contribution >= 4 is 5.97 Å². The summed E-state index contributed by atoms with van der Waals surface area (Å²) in [5.41, 5.74) is 0.949. The molecule has 1 N–H and O–H groups in total. The fraction of sp³-hybridized carbons (Fsp3) is 0.667. The zero-order valence-corrected chi connectivity index (χ0v) is 13.4. The SMILES string of the molecule is CC(C)(C)C1CCC(CCc2ccncc2)(C(=O)O)CC1. The van der Waals surface area contributed by atoms with Crippen molar-refractivity contribution in [3.05, 3.63) is 30.1 Å². The van der Waals surface area contributed by atoms with Gasteiger partial charge in [0.1, 0.15) is 0 Å². The molecule has 0 saturated heterocycles. The zero-order chi connectivity index (χ0) is 15.5. The monoisotopic (exact) mass is 289 g/mol. The molecular formula is C18H27NO2. The number of hydrogen-bond donors (Lipinski definition) is 1. The maximum atomic E-state index is 11.8. The average molecular weight is 289 g/mol. The van der Waals surface area contributed by atoms with Crippen LogP contribution in [0.1, 0.15) is 58.4 Å². The van der Waals surface area contributed by atoms with Gasteiger partial charge in [0.15, 0.2) is 0 Å². The van der Waals surface area contributed by atoms with E-state index in [0.29, 0.717) is 5.92 Å². The molecule has 1 heterocycles.